The quantitative estimate of drug-likeness (QED) is 0.792. The van der Waals surface area contributed by atoms with E-state index in [1.807, 2.05) is 53.8 Å². The molecule has 0 aromatic heterocycles. The molecule has 0 fully saturated rings. The first-order valence-corrected chi connectivity index (χ1v) is 10.7. The minimum Gasteiger partial charge on any atom is -0.311 e. The van der Waals surface area contributed by atoms with E-state index in [1.54, 1.807) is 12.1 Å². The molecule has 0 saturated carbocycles. The summed E-state index contributed by atoms with van der Waals surface area (Å²) in [6, 6.07) is 5.27. The van der Waals surface area contributed by atoms with Gasteiger partial charge in [0.15, 0.2) is 0 Å². The van der Waals surface area contributed by atoms with Gasteiger partial charge in [0.2, 0.25) is 8.32 Å². The van der Waals surface area contributed by atoms with Crippen molar-refractivity contribution >= 4 is 18.4 Å². The maximum absolute atomic E-state index is 12.4. The molecule has 1 aromatic carbocycles. The van der Waals surface area contributed by atoms with Gasteiger partial charge in [-0.2, -0.15) is 8.42 Å². The summed E-state index contributed by atoms with van der Waals surface area (Å²) in [6.07, 6.45) is 0. The second kappa shape index (κ2) is 5.03. The van der Waals surface area contributed by atoms with E-state index in [4.69, 9.17) is 3.87 Å². The van der Waals surface area contributed by atoms with E-state index in [-0.39, 0.29) is 9.93 Å². The van der Waals surface area contributed by atoms with Crippen molar-refractivity contribution in [3.63, 3.8) is 0 Å². The molecule has 0 amide bonds. The summed E-state index contributed by atoms with van der Waals surface area (Å²) < 4.78 is 30.4. The molecule has 108 valence electrons. The van der Waals surface area contributed by atoms with Crippen molar-refractivity contribution in [1.82, 2.24) is 0 Å². The van der Waals surface area contributed by atoms with Crippen molar-refractivity contribution in [2.24, 2.45) is 0 Å². The van der Waals surface area contributed by atoms with Crippen molar-refractivity contribution in [2.75, 3.05) is 0 Å². The predicted molar refractivity (Wildman–Crippen MR) is 81.4 cm³/mol. The van der Waals surface area contributed by atoms with Crippen LogP contribution < -0.4 is 0 Å². The number of benzene rings is 1. The smallest absolute Gasteiger partial charge is 0.287 e. The third kappa shape index (κ3) is 3.90. The second-order valence-corrected chi connectivity index (χ2v) is 13.2. The van der Waals surface area contributed by atoms with Gasteiger partial charge in [-0.05, 0) is 55.2 Å². The highest BCUT2D eigenvalue weighted by Gasteiger charge is 2.41. The van der Waals surface area contributed by atoms with E-state index in [0.717, 1.165) is 11.1 Å². The molecule has 0 bridgehead atoms. The third-order valence-corrected chi connectivity index (χ3v) is 10.6. The molecule has 0 aliphatic heterocycles. The summed E-state index contributed by atoms with van der Waals surface area (Å²) in [5, 5.41) is -0.140. The largest absolute Gasteiger partial charge is 0.311 e. The second-order valence-electron chi connectivity index (χ2n) is 6.62. The average Bonchev–Trinajstić information content (AvgIpc) is 2.12. The Hall–Kier alpha value is -0.653. The monoisotopic (exact) mass is 300 g/mol. The molecule has 0 heterocycles. The van der Waals surface area contributed by atoms with Crippen LogP contribution in [0.25, 0.3) is 0 Å². The lowest BCUT2D eigenvalue weighted by atomic mass is 10.2. The van der Waals surface area contributed by atoms with Crippen LogP contribution in [-0.2, 0) is 14.0 Å². The Balaban J connectivity index is 3.19. The van der Waals surface area contributed by atoms with Gasteiger partial charge in [0.25, 0.3) is 10.1 Å². The molecule has 0 spiro atoms. The lowest BCUT2D eigenvalue weighted by Gasteiger charge is -2.35. The van der Waals surface area contributed by atoms with E-state index in [1.165, 1.54) is 0 Å². The Morgan fingerprint density at radius 1 is 1.00 bits per heavy atom. The van der Waals surface area contributed by atoms with Crippen LogP contribution in [0.4, 0.5) is 0 Å². The minimum absolute atomic E-state index is 0.140. The van der Waals surface area contributed by atoms with E-state index >= 15 is 0 Å². The highest BCUT2D eigenvalue weighted by Crippen LogP contribution is 2.38. The molecular weight excluding hydrogens is 276 g/mol. The molecule has 1 rings (SSSR count). The van der Waals surface area contributed by atoms with E-state index in [0.29, 0.717) is 0 Å². The lowest BCUT2D eigenvalue weighted by molar-refractivity contribution is 0.456. The summed E-state index contributed by atoms with van der Waals surface area (Å²) in [7, 11) is -6.03. The van der Waals surface area contributed by atoms with Crippen molar-refractivity contribution < 1.29 is 12.3 Å². The van der Waals surface area contributed by atoms with Crippen molar-refractivity contribution in [3.05, 3.63) is 29.3 Å². The lowest BCUT2D eigenvalue weighted by Crippen LogP contribution is -2.42. The Bertz CT molecular complexity index is 549. The van der Waals surface area contributed by atoms with Crippen molar-refractivity contribution in [2.45, 2.75) is 57.6 Å². The number of hydrogen-bond acceptors (Lipinski definition) is 3. The first-order valence-electron chi connectivity index (χ1n) is 6.39. The molecule has 0 saturated heterocycles. The number of rotatable bonds is 3. The van der Waals surface area contributed by atoms with Gasteiger partial charge < -0.3 is 3.87 Å². The van der Waals surface area contributed by atoms with Gasteiger partial charge in [-0.15, -0.1) is 0 Å². The summed E-state index contributed by atoms with van der Waals surface area (Å²) in [6.45, 7) is 13.7. The normalized spacial score (nSPS) is 13.6. The maximum Gasteiger partial charge on any atom is 0.287 e. The zero-order valence-corrected chi connectivity index (χ0v) is 14.7. The fraction of sp³-hybridized carbons (Fsp3) is 0.571. The fourth-order valence-electron chi connectivity index (χ4n) is 1.52. The van der Waals surface area contributed by atoms with Gasteiger partial charge in [0.05, 0.1) is 4.90 Å². The molecule has 0 radical (unpaired) electrons. The Labute approximate surface area is 118 Å². The van der Waals surface area contributed by atoms with Crippen LogP contribution in [0.2, 0.25) is 18.1 Å². The summed E-state index contributed by atoms with van der Waals surface area (Å²) in [5.74, 6) is 0. The highest BCUT2D eigenvalue weighted by molar-refractivity contribution is 7.87. The molecule has 0 atom stereocenters. The van der Waals surface area contributed by atoms with Gasteiger partial charge in [-0.3, -0.25) is 0 Å². The van der Waals surface area contributed by atoms with E-state index < -0.39 is 18.4 Å². The highest BCUT2D eigenvalue weighted by atomic mass is 32.2. The van der Waals surface area contributed by atoms with Crippen LogP contribution >= 0.6 is 0 Å². The summed E-state index contributed by atoms with van der Waals surface area (Å²) in [5.41, 5.74) is 1.86. The molecule has 0 unspecified atom stereocenters. The van der Waals surface area contributed by atoms with Gasteiger partial charge in [-0.1, -0.05) is 26.8 Å². The van der Waals surface area contributed by atoms with Gasteiger partial charge in [0.1, 0.15) is 0 Å². The number of hydrogen-bond donors (Lipinski definition) is 0. The zero-order chi connectivity index (χ0) is 15.1. The van der Waals surface area contributed by atoms with Crippen molar-refractivity contribution in [1.29, 1.82) is 0 Å². The molecule has 3 nitrogen and oxygen atoms in total. The Kier molecular flexibility index (Phi) is 4.35. The van der Waals surface area contributed by atoms with Crippen LogP contribution in [0.3, 0.4) is 0 Å². The number of aryl methyl sites for hydroxylation is 2. The van der Waals surface area contributed by atoms with Gasteiger partial charge in [-0.25, -0.2) is 0 Å². The molecule has 19 heavy (non-hydrogen) atoms. The Morgan fingerprint density at radius 2 is 1.42 bits per heavy atom. The fourth-order valence-corrected chi connectivity index (χ4v) is 5.76. The molecular formula is C14H24O3SSi. The summed E-state index contributed by atoms with van der Waals surface area (Å²) in [4.78, 5) is 0.259. The summed E-state index contributed by atoms with van der Waals surface area (Å²) >= 11 is 0. The van der Waals surface area contributed by atoms with Crippen LogP contribution in [0.5, 0.6) is 0 Å². The molecule has 0 aliphatic rings. The first-order chi connectivity index (χ1) is 8.35. The van der Waals surface area contributed by atoms with Crippen LogP contribution in [0, 0.1) is 13.8 Å². The minimum atomic E-state index is -3.68. The standard InChI is InChI=1S/C14H24O3SSi/c1-11-8-12(2)10-13(9-11)18(15,16)17-19(6,7)14(3,4)5/h8-10H,1-7H3. The van der Waals surface area contributed by atoms with Gasteiger partial charge in [0, 0.05) is 0 Å². The van der Waals surface area contributed by atoms with Crippen LogP contribution in [0.15, 0.2) is 23.1 Å². The van der Waals surface area contributed by atoms with Crippen LogP contribution in [0.1, 0.15) is 31.9 Å². The average molecular weight is 300 g/mol. The topological polar surface area (TPSA) is 43.4 Å². The van der Waals surface area contributed by atoms with Gasteiger partial charge >= 0.3 is 0 Å². The zero-order valence-electron chi connectivity index (χ0n) is 12.9. The third-order valence-electron chi connectivity index (χ3n) is 3.61. The molecule has 0 aliphatic carbocycles. The van der Waals surface area contributed by atoms with E-state index in [2.05, 4.69) is 0 Å². The van der Waals surface area contributed by atoms with Crippen LogP contribution in [-0.4, -0.2) is 16.7 Å². The first kappa shape index (κ1) is 16.4. The molecule has 5 heteroatoms. The van der Waals surface area contributed by atoms with Crippen molar-refractivity contribution in [3.8, 4) is 0 Å². The predicted octanol–water partition coefficient (Wildman–Crippen LogP) is 4.01. The maximum atomic E-state index is 12.4. The SMILES string of the molecule is Cc1cc(C)cc(S(=O)(=O)O[Si](C)(C)C(C)(C)C)c1. The van der Waals surface area contributed by atoms with E-state index in [9.17, 15) is 8.42 Å². The molecule has 0 N–H and O–H groups in total. The Morgan fingerprint density at radius 3 is 1.79 bits per heavy atom. The molecule has 1 aromatic rings.